The summed E-state index contributed by atoms with van der Waals surface area (Å²) in [5.74, 6) is -1.14. The van der Waals surface area contributed by atoms with Gasteiger partial charge in [-0.3, -0.25) is 0 Å². The van der Waals surface area contributed by atoms with Crippen molar-refractivity contribution in [1.29, 1.82) is 0 Å². The molecule has 0 saturated carbocycles. The number of aryl methyl sites for hydroxylation is 1. The van der Waals surface area contributed by atoms with Crippen molar-refractivity contribution in [3.05, 3.63) is 34.9 Å². The van der Waals surface area contributed by atoms with E-state index in [1.54, 1.807) is 12.1 Å². The second-order valence-corrected chi connectivity index (χ2v) is 6.75. The molecule has 2 N–H and O–H groups in total. The van der Waals surface area contributed by atoms with Crippen LogP contribution in [-0.2, 0) is 11.2 Å². The van der Waals surface area contributed by atoms with Crippen molar-refractivity contribution in [2.45, 2.75) is 57.9 Å². The van der Waals surface area contributed by atoms with Crippen LogP contribution in [0.3, 0.4) is 0 Å². The molecule has 1 aromatic carbocycles. The number of carboxylic acid groups (broad SMARTS) is 1. The van der Waals surface area contributed by atoms with E-state index in [0.717, 1.165) is 0 Å². The van der Waals surface area contributed by atoms with Crippen LogP contribution in [-0.4, -0.2) is 21.8 Å². The second-order valence-electron chi connectivity index (χ2n) is 6.75. The first-order valence-corrected chi connectivity index (χ1v) is 7.72. The van der Waals surface area contributed by atoms with Gasteiger partial charge in [0.15, 0.2) is 0 Å². The highest BCUT2D eigenvalue weighted by Crippen LogP contribution is 2.53. The minimum Gasteiger partial charge on any atom is -0.507 e. The molecule has 0 aromatic heterocycles. The quantitative estimate of drug-likeness (QED) is 0.882. The molecule has 0 saturated heterocycles. The van der Waals surface area contributed by atoms with Crippen molar-refractivity contribution in [3.63, 3.8) is 0 Å². The molecule has 0 fully saturated rings. The van der Waals surface area contributed by atoms with E-state index >= 15 is 0 Å². The third kappa shape index (κ3) is 2.71. The van der Waals surface area contributed by atoms with E-state index in [-0.39, 0.29) is 17.6 Å². The fourth-order valence-electron chi connectivity index (χ4n) is 3.80. The monoisotopic (exact) mass is 321 g/mol. The summed E-state index contributed by atoms with van der Waals surface area (Å²) in [5.41, 5.74) is 0.463. The Balaban J connectivity index is 2.07. The van der Waals surface area contributed by atoms with Crippen LogP contribution in [0.25, 0.3) is 0 Å². The molecule has 3 rings (SSSR count). The number of aliphatic carboxylic acids is 1. The molecule has 124 valence electrons. The van der Waals surface area contributed by atoms with Crippen LogP contribution in [0.1, 0.15) is 63.8 Å². The summed E-state index contributed by atoms with van der Waals surface area (Å²) in [5, 5.41) is 20.0. The molecule has 23 heavy (non-hydrogen) atoms. The van der Waals surface area contributed by atoms with Gasteiger partial charge in [0.25, 0.3) is 0 Å². The van der Waals surface area contributed by atoms with Crippen LogP contribution in [0, 0.1) is 5.92 Å². The van der Waals surface area contributed by atoms with Gasteiger partial charge < -0.3 is 14.9 Å². The Morgan fingerprint density at radius 1 is 1.52 bits per heavy atom. The summed E-state index contributed by atoms with van der Waals surface area (Å²) >= 11 is 0. The summed E-state index contributed by atoms with van der Waals surface area (Å²) in [7, 11) is 0. The number of allylic oxidation sites excluding steroid dienone is 1. The standard InChI is InChI=1S/C19H24O4/c1-4-5-11-8-15(20)17-13-10-12(18(21)22)6-7-14(13)19(2,3)23-16(17)9-11/h8-10,13-14,20H,4-7H2,1-3H3,(H,21,22)/t13-,14-/m1/s1/i1D3,4D2. The Kier molecular flexibility index (Phi) is 2.61. The third-order valence-electron chi connectivity index (χ3n) is 4.89. The zero-order valence-corrected chi connectivity index (χ0v) is 13.2. The minimum atomic E-state index is -2.80. The molecule has 1 aliphatic heterocycles. The molecule has 1 aromatic rings. The Morgan fingerprint density at radius 3 is 3.00 bits per heavy atom. The predicted octanol–water partition coefficient (Wildman–Crippen LogP) is 4.02. The van der Waals surface area contributed by atoms with Crippen LogP contribution >= 0.6 is 0 Å². The Morgan fingerprint density at radius 2 is 2.30 bits per heavy atom. The maximum absolute atomic E-state index is 11.4. The number of benzene rings is 1. The highest BCUT2D eigenvalue weighted by molar-refractivity contribution is 5.87. The molecule has 0 radical (unpaired) electrons. The number of carboxylic acids is 1. The SMILES string of the molecule is [2H]C([2H])([2H])C([2H])([2H])Cc1cc(O)c2c(c1)OC(C)(C)[C@@H]1CCC(C(=O)O)=C[C@@H]21. The molecular formula is C19H24O4. The lowest BCUT2D eigenvalue weighted by molar-refractivity contribution is -0.133. The molecule has 4 heteroatoms. The van der Waals surface area contributed by atoms with Gasteiger partial charge in [0.2, 0.25) is 0 Å². The smallest absolute Gasteiger partial charge is 0.331 e. The Bertz CT molecular complexity index is 841. The molecule has 2 atom stereocenters. The van der Waals surface area contributed by atoms with Gasteiger partial charge in [-0.15, -0.1) is 0 Å². The lowest BCUT2D eigenvalue weighted by Gasteiger charge is -2.46. The van der Waals surface area contributed by atoms with Crippen molar-refractivity contribution < 1.29 is 26.6 Å². The van der Waals surface area contributed by atoms with Crippen LogP contribution in [0.15, 0.2) is 23.8 Å². The summed E-state index contributed by atoms with van der Waals surface area (Å²) in [4.78, 5) is 11.4. The number of ether oxygens (including phenoxy) is 1. The van der Waals surface area contributed by atoms with Crippen molar-refractivity contribution in [2.75, 3.05) is 0 Å². The highest BCUT2D eigenvalue weighted by Gasteiger charge is 2.46. The maximum atomic E-state index is 11.4. The first kappa shape index (κ1) is 10.7. The van der Waals surface area contributed by atoms with Gasteiger partial charge >= 0.3 is 5.97 Å². The molecule has 0 spiro atoms. The van der Waals surface area contributed by atoms with Crippen molar-refractivity contribution >= 4 is 5.97 Å². The molecule has 1 aliphatic carbocycles. The first-order valence-electron chi connectivity index (χ1n) is 10.2. The summed E-state index contributed by atoms with van der Waals surface area (Å²) in [6.45, 7) is 1.00. The first-order chi connectivity index (χ1) is 12.7. The fourth-order valence-corrected chi connectivity index (χ4v) is 3.80. The zero-order chi connectivity index (χ0) is 21.1. The molecule has 0 bridgehead atoms. The van der Waals surface area contributed by atoms with Crippen molar-refractivity contribution in [3.8, 4) is 11.5 Å². The van der Waals surface area contributed by atoms with Crippen LogP contribution in [0.2, 0.25) is 0 Å². The molecule has 1 heterocycles. The van der Waals surface area contributed by atoms with Gasteiger partial charge in [0, 0.05) is 29.8 Å². The van der Waals surface area contributed by atoms with E-state index in [9.17, 15) is 15.0 Å². The highest BCUT2D eigenvalue weighted by atomic mass is 16.5. The molecular weight excluding hydrogens is 292 g/mol. The second kappa shape index (κ2) is 5.59. The van der Waals surface area contributed by atoms with E-state index in [0.29, 0.717) is 35.3 Å². The van der Waals surface area contributed by atoms with Crippen LogP contribution in [0.4, 0.5) is 0 Å². The Labute approximate surface area is 143 Å². The van der Waals surface area contributed by atoms with Crippen LogP contribution < -0.4 is 4.74 Å². The fraction of sp³-hybridized carbons (Fsp3) is 0.526. The maximum Gasteiger partial charge on any atom is 0.331 e. The van der Waals surface area contributed by atoms with Crippen molar-refractivity contribution in [2.24, 2.45) is 5.92 Å². The topological polar surface area (TPSA) is 66.8 Å². The molecule has 0 unspecified atom stereocenters. The number of fused-ring (bicyclic) bond motifs is 3. The van der Waals surface area contributed by atoms with Gasteiger partial charge in [0.05, 0.1) is 0 Å². The van der Waals surface area contributed by atoms with Crippen LogP contribution in [0.5, 0.6) is 11.5 Å². The largest absolute Gasteiger partial charge is 0.507 e. The summed E-state index contributed by atoms with van der Waals surface area (Å²) in [6.07, 6.45) is -0.158. The van der Waals surface area contributed by atoms with Gasteiger partial charge in [-0.25, -0.2) is 4.79 Å². The molecule has 4 nitrogen and oxygen atoms in total. The van der Waals surface area contributed by atoms with E-state index < -0.39 is 31.2 Å². The van der Waals surface area contributed by atoms with Crippen molar-refractivity contribution in [1.82, 2.24) is 0 Å². The Hall–Kier alpha value is -1.97. The predicted molar refractivity (Wildman–Crippen MR) is 88.0 cm³/mol. The van der Waals surface area contributed by atoms with Gasteiger partial charge in [-0.05, 0) is 50.8 Å². The normalized spacial score (nSPS) is 29.3. The molecule has 0 amide bonds. The number of aromatic hydroxyl groups is 1. The summed E-state index contributed by atoms with van der Waals surface area (Å²) < 4.78 is 43.9. The lowest BCUT2D eigenvalue weighted by Crippen LogP contribution is -2.45. The number of carbonyl (C=O) groups is 1. The number of phenolic OH excluding ortho intramolecular Hbond substituents is 1. The van der Waals surface area contributed by atoms with E-state index in [4.69, 9.17) is 11.6 Å². The van der Waals surface area contributed by atoms with E-state index in [2.05, 4.69) is 0 Å². The molecule has 2 aliphatic rings. The van der Waals surface area contributed by atoms with Gasteiger partial charge in [-0.2, -0.15) is 0 Å². The number of hydrogen-bond donors (Lipinski definition) is 2. The van der Waals surface area contributed by atoms with Gasteiger partial charge in [0.1, 0.15) is 17.1 Å². The average Bonchev–Trinajstić information content (AvgIpc) is 2.51. The summed E-state index contributed by atoms with van der Waals surface area (Å²) in [6, 6.07) is 2.91. The van der Waals surface area contributed by atoms with Gasteiger partial charge in [-0.1, -0.05) is 19.3 Å². The number of rotatable bonds is 3. The average molecular weight is 321 g/mol. The third-order valence-corrected chi connectivity index (χ3v) is 4.89. The zero-order valence-electron chi connectivity index (χ0n) is 18.2. The minimum absolute atomic E-state index is 0.0198. The van der Waals surface area contributed by atoms with E-state index in [1.165, 1.54) is 6.07 Å². The lowest BCUT2D eigenvalue weighted by atomic mass is 9.67. The number of phenols is 1. The van der Waals surface area contributed by atoms with E-state index in [1.807, 2.05) is 13.8 Å². The number of hydrogen-bond acceptors (Lipinski definition) is 3.